The van der Waals surface area contributed by atoms with Crippen LogP contribution in [0.3, 0.4) is 0 Å². The Morgan fingerprint density at radius 1 is 1.06 bits per heavy atom. The lowest BCUT2D eigenvalue weighted by molar-refractivity contribution is -0.384. The molecule has 0 aromatic heterocycles. The van der Waals surface area contributed by atoms with E-state index < -0.39 is 16.9 Å². The van der Waals surface area contributed by atoms with Crippen LogP contribution in [0.15, 0.2) is 18.2 Å². The number of carbonyl (C=O) groups excluding carboxylic acids is 2. The van der Waals surface area contributed by atoms with Gasteiger partial charge >= 0.3 is 0 Å². The van der Waals surface area contributed by atoms with E-state index in [9.17, 15) is 19.7 Å². The van der Waals surface area contributed by atoms with E-state index in [1.54, 1.807) is 0 Å². The first-order chi connectivity index (χ1) is 15.3. The van der Waals surface area contributed by atoms with Gasteiger partial charge in [-0.2, -0.15) is 0 Å². The van der Waals surface area contributed by atoms with Crippen LogP contribution in [0.25, 0.3) is 0 Å². The van der Waals surface area contributed by atoms with Gasteiger partial charge in [0.05, 0.1) is 15.5 Å². The van der Waals surface area contributed by atoms with Crippen LogP contribution in [0.5, 0.6) is 0 Å². The molecule has 2 aliphatic heterocycles. The van der Waals surface area contributed by atoms with Crippen molar-refractivity contribution in [2.75, 3.05) is 52.4 Å². The molecule has 176 valence electrons. The van der Waals surface area contributed by atoms with Crippen molar-refractivity contribution < 1.29 is 14.5 Å². The van der Waals surface area contributed by atoms with Crippen LogP contribution in [0, 0.1) is 16.0 Å². The van der Waals surface area contributed by atoms with E-state index in [2.05, 4.69) is 15.1 Å². The number of benzene rings is 1. The van der Waals surface area contributed by atoms with E-state index in [1.165, 1.54) is 38.1 Å². The third-order valence-electron chi connectivity index (χ3n) is 6.24. The summed E-state index contributed by atoms with van der Waals surface area (Å²) in [5.41, 5.74) is -0.0758. The highest BCUT2D eigenvalue weighted by Gasteiger charge is 2.31. The Morgan fingerprint density at radius 3 is 2.19 bits per heavy atom. The highest BCUT2D eigenvalue weighted by atomic mass is 35.5. The van der Waals surface area contributed by atoms with Gasteiger partial charge < -0.3 is 15.1 Å². The van der Waals surface area contributed by atoms with Crippen LogP contribution in [-0.2, 0) is 4.79 Å². The molecule has 9 nitrogen and oxygen atoms in total. The predicted octanol–water partition coefficient (Wildman–Crippen LogP) is 2.24. The summed E-state index contributed by atoms with van der Waals surface area (Å²) in [5.74, 6) is -0.733. The van der Waals surface area contributed by atoms with Gasteiger partial charge in [0.2, 0.25) is 5.91 Å². The second-order valence-electron chi connectivity index (χ2n) is 8.83. The first kappa shape index (κ1) is 24.4. The van der Waals surface area contributed by atoms with Gasteiger partial charge in [-0.15, -0.1) is 0 Å². The standard InChI is InChI=1S/C22H32ClN5O4/c1-16(2)20(24-21(29)18-6-5-17(28(31)32)15-19(18)23)22(30)27-13-11-26(12-14-27)10-9-25-7-3-4-8-25/h5-6,15-16,20H,3-4,7-14H2,1-2H3,(H,24,29). The number of nitrogens with zero attached hydrogens (tertiary/aromatic N) is 4. The molecule has 0 radical (unpaired) electrons. The van der Waals surface area contributed by atoms with Crippen LogP contribution in [0.2, 0.25) is 5.02 Å². The van der Waals surface area contributed by atoms with Gasteiger partial charge in [-0.25, -0.2) is 0 Å². The van der Waals surface area contributed by atoms with Gasteiger partial charge in [-0.3, -0.25) is 24.6 Å². The Balaban J connectivity index is 1.55. The van der Waals surface area contributed by atoms with Crippen LogP contribution >= 0.6 is 11.6 Å². The number of nitro benzene ring substituents is 1. The summed E-state index contributed by atoms with van der Waals surface area (Å²) in [7, 11) is 0. The minimum Gasteiger partial charge on any atom is -0.340 e. The molecule has 1 aromatic rings. The molecule has 0 aliphatic carbocycles. The van der Waals surface area contributed by atoms with Gasteiger partial charge in [-0.1, -0.05) is 25.4 Å². The minimum absolute atomic E-state index is 0.0155. The molecular weight excluding hydrogens is 434 g/mol. The number of rotatable bonds is 8. The Labute approximate surface area is 193 Å². The number of carbonyl (C=O) groups is 2. The summed E-state index contributed by atoms with van der Waals surface area (Å²) in [6.07, 6.45) is 2.57. The number of likely N-dealkylation sites (tertiary alicyclic amines) is 1. The molecule has 2 amide bonds. The maximum absolute atomic E-state index is 13.2. The maximum Gasteiger partial charge on any atom is 0.270 e. The van der Waals surface area contributed by atoms with Gasteiger partial charge in [0, 0.05) is 51.4 Å². The molecule has 1 unspecified atom stereocenters. The molecule has 2 heterocycles. The Morgan fingerprint density at radius 2 is 1.66 bits per heavy atom. The summed E-state index contributed by atoms with van der Waals surface area (Å²) in [5, 5.41) is 13.7. The van der Waals surface area contributed by atoms with E-state index in [-0.39, 0.29) is 28.1 Å². The third-order valence-corrected chi connectivity index (χ3v) is 6.56. The normalized spacial score (nSPS) is 18.7. The molecule has 1 aromatic carbocycles. The van der Waals surface area contributed by atoms with Crippen molar-refractivity contribution in [1.82, 2.24) is 20.0 Å². The van der Waals surface area contributed by atoms with E-state index in [0.29, 0.717) is 13.1 Å². The zero-order valence-electron chi connectivity index (χ0n) is 18.8. The second kappa shape index (κ2) is 11.1. The summed E-state index contributed by atoms with van der Waals surface area (Å²) < 4.78 is 0. The number of hydrogen-bond acceptors (Lipinski definition) is 6. The van der Waals surface area contributed by atoms with Crippen molar-refractivity contribution in [2.24, 2.45) is 5.92 Å². The summed E-state index contributed by atoms with van der Waals surface area (Å²) in [4.78, 5) is 42.9. The molecule has 0 saturated carbocycles. The van der Waals surface area contributed by atoms with Crippen molar-refractivity contribution in [1.29, 1.82) is 0 Å². The largest absolute Gasteiger partial charge is 0.340 e. The fraction of sp³-hybridized carbons (Fsp3) is 0.636. The second-order valence-corrected chi connectivity index (χ2v) is 9.24. The number of nitrogens with one attached hydrogen (secondary N) is 1. The van der Waals surface area contributed by atoms with E-state index in [0.717, 1.165) is 32.2 Å². The lowest BCUT2D eigenvalue weighted by atomic mass is 10.0. The molecule has 1 N–H and O–H groups in total. The van der Waals surface area contributed by atoms with Crippen LogP contribution in [0.4, 0.5) is 5.69 Å². The van der Waals surface area contributed by atoms with E-state index >= 15 is 0 Å². The maximum atomic E-state index is 13.2. The topological polar surface area (TPSA) is 99.0 Å². The van der Waals surface area contributed by atoms with E-state index in [4.69, 9.17) is 11.6 Å². The van der Waals surface area contributed by atoms with Gasteiger partial charge in [0.25, 0.3) is 11.6 Å². The fourth-order valence-corrected chi connectivity index (χ4v) is 4.47. The summed E-state index contributed by atoms with van der Waals surface area (Å²) in [6, 6.07) is 3.00. The molecule has 10 heteroatoms. The Hall–Kier alpha value is -2.23. The minimum atomic E-state index is -0.690. The number of piperazine rings is 1. The van der Waals surface area contributed by atoms with Gasteiger partial charge in [0.1, 0.15) is 6.04 Å². The zero-order chi connectivity index (χ0) is 23.3. The summed E-state index contributed by atoms with van der Waals surface area (Å²) in [6.45, 7) is 11.2. The smallest absolute Gasteiger partial charge is 0.270 e. The van der Waals surface area contributed by atoms with Gasteiger partial charge in [-0.05, 0) is 37.9 Å². The number of amides is 2. The number of non-ortho nitro benzene ring substituents is 1. The molecule has 1 atom stereocenters. The number of halogens is 1. The fourth-order valence-electron chi connectivity index (χ4n) is 4.21. The van der Waals surface area contributed by atoms with Crippen LogP contribution < -0.4 is 5.32 Å². The molecular formula is C22H32ClN5O4. The third kappa shape index (κ3) is 6.17. The van der Waals surface area contributed by atoms with Gasteiger partial charge in [0.15, 0.2) is 0 Å². The number of hydrogen-bond donors (Lipinski definition) is 1. The predicted molar refractivity (Wildman–Crippen MR) is 123 cm³/mol. The van der Waals surface area contributed by atoms with Crippen LogP contribution in [-0.4, -0.2) is 89.8 Å². The lowest BCUT2D eigenvalue weighted by Gasteiger charge is -2.37. The number of nitro groups is 1. The monoisotopic (exact) mass is 465 g/mol. The van der Waals surface area contributed by atoms with Crippen molar-refractivity contribution in [3.8, 4) is 0 Å². The average Bonchev–Trinajstić information content (AvgIpc) is 3.29. The quantitative estimate of drug-likeness (QED) is 0.467. The van der Waals surface area contributed by atoms with Crippen molar-refractivity contribution in [3.63, 3.8) is 0 Å². The first-order valence-corrected chi connectivity index (χ1v) is 11.6. The summed E-state index contributed by atoms with van der Waals surface area (Å²) >= 11 is 6.08. The zero-order valence-corrected chi connectivity index (χ0v) is 19.5. The SMILES string of the molecule is CC(C)C(NC(=O)c1ccc([N+](=O)[O-])cc1Cl)C(=O)N1CCN(CCN2CCCC2)CC1. The highest BCUT2D eigenvalue weighted by Crippen LogP contribution is 2.23. The van der Waals surface area contributed by atoms with E-state index in [1.807, 2.05) is 18.7 Å². The molecule has 32 heavy (non-hydrogen) atoms. The van der Waals surface area contributed by atoms with Crippen molar-refractivity contribution in [2.45, 2.75) is 32.7 Å². The first-order valence-electron chi connectivity index (χ1n) is 11.2. The molecule has 0 spiro atoms. The highest BCUT2D eigenvalue weighted by molar-refractivity contribution is 6.34. The Kier molecular flexibility index (Phi) is 8.44. The lowest BCUT2D eigenvalue weighted by Crippen LogP contribution is -2.56. The molecule has 2 saturated heterocycles. The van der Waals surface area contributed by atoms with Crippen LogP contribution in [0.1, 0.15) is 37.0 Å². The average molecular weight is 466 g/mol. The van der Waals surface area contributed by atoms with Crippen molar-refractivity contribution >= 4 is 29.1 Å². The molecule has 2 fully saturated rings. The molecule has 3 rings (SSSR count). The molecule has 0 bridgehead atoms. The molecule has 2 aliphatic rings. The van der Waals surface area contributed by atoms with Crippen molar-refractivity contribution in [3.05, 3.63) is 38.9 Å². The Bertz CT molecular complexity index is 836.